The molecule has 0 amide bonds. The van der Waals surface area contributed by atoms with E-state index in [4.69, 9.17) is 4.74 Å². The number of rotatable bonds is 6. The van der Waals surface area contributed by atoms with Crippen LogP contribution in [0.4, 0.5) is 0 Å². The van der Waals surface area contributed by atoms with E-state index in [0.29, 0.717) is 19.1 Å². The highest BCUT2D eigenvalue weighted by molar-refractivity contribution is 5.71. The van der Waals surface area contributed by atoms with Crippen molar-refractivity contribution < 1.29 is 9.53 Å². The first kappa shape index (κ1) is 13.1. The highest BCUT2D eigenvalue weighted by atomic mass is 16.5. The summed E-state index contributed by atoms with van der Waals surface area (Å²) in [5.74, 6) is 0.461. The summed E-state index contributed by atoms with van der Waals surface area (Å²) < 4.78 is 5.00. The maximum Gasteiger partial charge on any atom is 0.320 e. The van der Waals surface area contributed by atoms with Gasteiger partial charge in [0.05, 0.1) is 13.2 Å². The summed E-state index contributed by atoms with van der Waals surface area (Å²) in [5.41, 5.74) is 2.90. The first-order chi connectivity index (χ1) is 8.74. The lowest BCUT2D eigenvalue weighted by Crippen LogP contribution is -2.37. The summed E-state index contributed by atoms with van der Waals surface area (Å²) >= 11 is 0. The van der Waals surface area contributed by atoms with Crippen LogP contribution in [0, 0.1) is 0 Å². The van der Waals surface area contributed by atoms with Gasteiger partial charge in [0, 0.05) is 12.5 Å². The second-order valence-electron chi connectivity index (χ2n) is 4.73. The molecule has 0 saturated carbocycles. The lowest BCUT2D eigenvalue weighted by atomic mass is 9.77. The van der Waals surface area contributed by atoms with Gasteiger partial charge in [-0.05, 0) is 31.0 Å². The number of likely N-dealkylation sites (N-methyl/N-ethyl adjacent to an activating group) is 1. The summed E-state index contributed by atoms with van der Waals surface area (Å²) in [5, 5.41) is 0. The lowest BCUT2D eigenvalue weighted by molar-refractivity contribution is -0.144. The van der Waals surface area contributed by atoms with Crippen LogP contribution in [0.1, 0.15) is 30.9 Å². The van der Waals surface area contributed by atoms with Crippen molar-refractivity contribution in [2.45, 2.75) is 26.2 Å². The van der Waals surface area contributed by atoms with Crippen LogP contribution in [0.15, 0.2) is 24.3 Å². The van der Waals surface area contributed by atoms with Crippen molar-refractivity contribution in [1.29, 1.82) is 0 Å². The number of ether oxygens (including phenoxy) is 1. The van der Waals surface area contributed by atoms with Gasteiger partial charge >= 0.3 is 5.97 Å². The molecule has 2 rings (SSSR count). The van der Waals surface area contributed by atoms with E-state index < -0.39 is 0 Å². The van der Waals surface area contributed by atoms with Crippen molar-refractivity contribution in [3.63, 3.8) is 0 Å². The predicted octanol–water partition coefficient (Wildman–Crippen LogP) is 2.21. The van der Waals surface area contributed by atoms with Crippen molar-refractivity contribution in [2.75, 3.05) is 26.2 Å². The van der Waals surface area contributed by atoms with Crippen molar-refractivity contribution in [2.24, 2.45) is 0 Å². The number of hydrogen-bond acceptors (Lipinski definition) is 3. The van der Waals surface area contributed by atoms with E-state index in [1.165, 1.54) is 11.1 Å². The highest BCUT2D eigenvalue weighted by Gasteiger charge is 2.27. The summed E-state index contributed by atoms with van der Waals surface area (Å²) in [6.45, 7) is 6.63. The molecule has 1 aliphatic carbocycles. The van der Waals surface area contributed by atoms with Crippen LogP contribution in [0.5, 0.6) is 0 Å². The van der Waals surface area contributed by atoms with Crippen LogP contribution in [0.2, 0.25) is 0 Å². The predicted molar refractivity (Wildman–Crippen MR) is 71.6 cm³/mol. The molecule has 0 aliphatic heterocycles. The molecular weight excluding hydrogens is 226 g/mol. The zero-order valence-electron chi connectivity index (χ0n) is 11.2. The third-order valence-electron chi connectivity index (χ3n) is 3.55. The minimum Gasteiger partial charge on any atom is -0.465 e. The largest absolute Gasteiger partial charge is 0.465 e. The van der Waals surface area contributed by atoms with E-state index in [2.05, 4.69) is 36.1 Å². The van der Waals surface area contributed by atoms with Gasteiger partial charge in [-0.15, -0.1) is 0 Å². The molecule has 98 valence electrons. The number of nitrogens with zero attached hydrogens (tertiary/aromatic N) is 1. The maximum absolute atomic E-state index is 11.5. The van der Waals surface area contributed by atoms with Gasteiger partial charge in [-0.3, -0.25) is 9.69 Å². The van der Waals surface area contributed by atoms with Gasteiger partial charge in [0.15, 0.2) is 0 Å². The van der Waals surface area contributed by atoms with Gasteiger partial charge < -0.3 is 4.74 Å². The SMILES string of the molecule is CCOC(=O)CN(CC)CC1Cc2ccccc21. The Bertz CT molecular complexity index is 417. The molecule has 1 aliphatic rings. The third-order valence-corrected chi connectivity index (χ3v) is 3.55. The molecule has 3 nitrogen and oxygen atoms in total. The standard InChI is InChI=1S/C15H21NO2/c1-3-16(11-15(17)18-4-2)10-13-9-12-7-5-6-8-14(12)13/h5-8,13H,3-4,9-11H2,1-2H3. The van der Waals surface area contributed by atoms with Gasteiger partial charge in [-0.25, -0.2) is 0 Å². The average molecular weight is 247 g/mol. The lowest BCUT2D eigenvalue weighted by Gasteiger charge is -2.34. The molecule has 1 atom stereocenters. The Hall–Kier alpha value is -1.35. The van der Waals surface area contributed by atoms with E-state index in [9.17, 15) is 4.79 Å². The average Bonchev–Trinajstić information content (AvgIpc) is 2.34. The molecule has 0 radical (unpaired) electrons. The van der Waals surface area contributed by atoms with Crippen molar-refractivity contribution in [3.05, 3.63) is 35.4 Å². The minimum atomic E-state index is -0.119. The normalized spacial score (nSPS) is 17.2. The molecular formula is C15H21NO2. The Morgan fingerprint density at radius 3 is 2.83 bits per heavy atom. The molecule has 1 unspecified atom stereocenters. The quantitative estimate of drug-likeness (QED) is 0.722. The molecule has 0 spiro atoms. The third kappa shape index (κ3) is 2.91. The topological polar surface area (TPSA) is 29.5 Å². The Kier molecular flexibility index (Phi) is 4.37. The summed E-state index contributed by atoms with van der Waals surface area (Å²) in [4.78, 5) is 13.6. The van der Waals surface area contributed by atoms with Crippen molar-refractivity contribution in [3.8, 4) is 0 Å². The Morgan fingerprint density at radius 2 is 2.17 bits per heavy atom. The number of carbonyl (C=O) groups is 1. The van der Waals surface area contributed by atoms with E-state index in [1.807, 2.05) is 6.92 Å². The fourth-order valence-corrected chi connectivity index (χ4v) is 2.53. The first-order valence-corrected chi connectivity index (χ1v) is 6.70. The molecule has 3 heteroatoms. The van der Waals surface area contributed by atoms with Crippen LogP contribution in [0.3, 0.4) is 0 Å². The molecule has 0 heterocycles. The highest BCUT2D eigenvalue weighted by Crippen LogP contribution is 2.35. The summed E-state index contributed by atoms with van der Waals surface area (Å²) in [6, 6.07) is 8.56. The molecule has 0 N–H and O–H groups in total. The molecule has 1 aromatic rings. The zero-order chi connectivity index (χ0) is 13.0. The Labute approximate surface area is 109 Å². The minimum absolute atomic E-state index is 0.119. The van der Waals surface area contributed by atoms with E-state index in [0.717, 1.165) is 19.5 Å². The van der Waals surface area contributed by atoms with Crippen LogP contribution in [0.25, 0.3) is 0 Å². The van der Waals surface area contributed by atoms with E-state index in [1.54, 1.807) is 0 Å². The zero-order valence-corrected chi connectivity index (χ0v) is 11.2. The van der Waals surface area contributed by atoms with Crippen molar-refractivity contribution in [1.82, 2.24) is 4.90 Å². The van der Waals surface area contributed by atoms with Gasteiger partial charge in [0.25, 0.3) is 0 Å². The monoisotopic (exact) mass is 247 g/mol. The molecule has 0 fully saturated rings. The Morgan fingerprint density at radius 1 is 1.39 bits per heavy atom. The van der Waals surface area contributed by atoms with Crippen LogP contribution >= 0.6 is 0 Å². The van der Waals surface area contributed by atoms with Gasteiger partial charge in [0.2, 0.25) is 0 Å². The number of esters is 1. The molecule has 0 bridgehead atoms. The summed E-state index contributed by atoms with van der Waals surface area (Å²) in [6.07, 6.45) is 1.13. The fourth-order valence-electron chi connectivity index (χ4n) is 2.53. The van der Waals surface area contributed by atoms with Crippen LogP contribution in [-0.4, -0.2) is 37.1 Å². The van der Waals surface area contributed by atoms with Crippen molar-refractivity contribution >= 4 is 5.97 Å². The Balaban J connectivity index is 1.87. The van der Waals surface area contributed by atoms with Crippen LogP contribution < -0.4 is 0 Å². The van der Waals surface area contributed by atoms with Gasteiger partial charge in [0.1, 0.15) is 0 Å². The molecule has 1 aromatic carbocycles. The smallest absolute Gasteiger partial charge is 0.320 e. The second-order valence-corrected chi connectivity index (χ2v) is 4.73. The van der Waals surface area contributed by atoms with E-state index >= 15 is 0 Å². The molecule has 18 heavy (non-hydrogen) atoms. The maximum atomic E-state index is 11.5. The molecule has 0 aromatic heterocycles. The number of hydrogen-bond donors (Lipinski definition) is 0. The first-order valence-electron chi connectivity index (χ1n) is 6.70. The van der Waals surface area contributed by atoms with Crippen LogP contribution in [-0.2, 0) is 16.0 Å². The molecule has 0 saturated heterocycles. The summed E-state index contributed by atoms with van der Waals surface area (Å²) in [7, 11) is 0. The number of benzene rings is 1. The van der Waals surface area contributed by atoms with Gasteiger partial charge in [-0.2, -0.15) is 0 Å². The number of fused-ring (bicyclic) bond motifs is 1. The van der Waals surface area contributed by atoms with Gasteiger partial charge in [-0.1, -0.05) is 31.2 Å². The number of carbonyl (C=O) groups excluding carboxylic acids is 1. The van der Waals surface area contributed by atoms with E-state index in [-0.39, 0.29) is 5.97 Å². The second kappa shape index (κ2) is 6.01. The fraction of sp³-hybridized carbons (Fsp3) is 0.533.